The van der Waals surface area contributed by atoms with Crippen LogP contribution in [0.15, 0.2) is 60.2 Å². The smallest absolute Gasteiger partial charge is 0.337 e. The maximum absolute atomic E-state index is 12.2. The lowest BCUT2D eigenvalue weighted by Crippen LogP contribution is -2.15. The number of ether oxygens (including phenoxy) is 2. The minimum atomic E-state index is -0.323. The number of carbonyl (C=O) groups is 1. The highest BCUT2D eigenvalue weighted by molar-refractivity contribution is 5.97. The highest BCUT2D eigenvalue weighted by atomic mass is 16.5. The van der Waals surface area contributed by atoms with Crippen LogP contribution in [-0.4, -0.2) is 19.2 Å². The standard InChI is InChI=1S/C21H22O3/c1-2-23-21(22)19-15-17-12-6-7-13-18(17)20(19)24-14-8-11-16-9-4-3-5-10-16/h3-7,9-10,12-13,15,20H,2,8,11,14H2,1H3. The van der Waals surface area contributed by atoms with Crippen LogP contribution >= 0.6 is 0 Å². The molecule has 24 heavy (non-hydrogen) atoms. The Bertz CT molecular complexity index is 719. The number of rotatable bonds is 7. The molecule has 0 fully saturated rings. The first-order valence-electron chi connectivity index (χ1n) is 8.42. The Morgan fingerprint density at radius 2 is 1.79 bits per heavy atom. The molecule has 0 saturated heterocycles. The van der Waals surface area contributed by atoms with Crippen LogP contribution in [-0.2, 0) is 20.7 Å². The SMILES string of the molecule is CCOC(=O)C1=Cc2ccccc2C1OCCCc1ccccc1. The summed E-state index contributed by atoms with van der Waals surface area (Å²) in [5, 5.41) is 0. The number of benzene rings is 2. The zero-order valence-corrected chi connectivity index (χ0v) is 13.9. The maximum atomic E-state index is 12.2. The lowest BCUT2D eigenvalue weighted by molar-refractivity contribution is -0.140. The molecular weight excluding hydrogens is 300 g/mol. The van der Waals surface area contributed by atoms with Crippen molar-refractivity contribution in [1.82, 2.24) is 0 Å². The second kappa shape index (κ2) is 7.93. The average Bonchev–Trinajstić information content (AvgIpc) is 2.99. The fraction of sp³-hybridized carbons (Fsp3) is 0.286. The summed E-state index contributed by atoms with van der Waals surface area (Å²) in [4.78, 5) is 12.2. The first-order chi connectivity index (χ1) is 11.8. The summed E-state index contributed by atoms with van der Waals surface area (Å²) in [5.74, 6) is -0.290. The van der Waals surface area contributed by atoms with Crippen molar-refractivity contribution in [3.63, 3.8) is 0 Å². The van der Waals surface area contributed by atoms with E-state index in [9.17, 15) is 4.79 Å². The van der Waals surface area contributed by atoms with Crippen LogP contribution in [0.1, 0.15) is 36.1 Å². The molecule has 0 N–H and O–H groups in total. The maximum Gasteiger partial charge on any atom is 0.337 e. The quantitative estimate of drug-likeness (QED) is 0.562. The average molecular weight is 322 g/mol. The highest BCUT2D eigenvalue weighted by Crippen LogP contribution is 2.37. The van der Waals surface area contributed by atoms with E-state index in [-0.39, 0.29) is 12.1 Å². The van der Waals surface area contributed by atoms with Crippen molar-refractivity contribution in [3.05, 3.63) is 76.9 Å². The summed E-state index contributed by atoms with van der Waals surface area (Å²) >= 11 is 0. The normalized spacial score (nSPS) is 15.7. The van der Waals surface area contributed by atoms with Crippen LogP contribution in [0.4, 0.5) is 0 Å². The first-order valence-corrected chi connectivity index (χ1v) is 8.42. The molecule has 0 aliphatic heterocycles. The molecule has 3 heteroatoms. The van der Waals surface area contributed by atoms with Gasteiger partial charge in [-0.2, -0.15) is 0 Å². The van der Waals surface area contributed by atoms with Crippen molar-refractivity contribution >= 4 is 12.0 Å². The van der Waals surface area contributed by atoms with Gasteiger partial charge in [0.1, 0.15) is 6.10 Å². The van der Waals surface area contributed by atoms with Crippen molar-refractivity contribution in [2.24, 2.45) is 0 Å². The second-order valence-electron chi connectivity index (χ2n) is 5.79. The summed E-state index contributed by atoms with van der Waals surface area (Å²) in [5.41, 5.74) is 3.97. The van der Waals surface area contributed by atoms with Crippen molar-refractivity contribution in [2.45, 2.75) is 25.9 Å². The molecule has 0 saturated carbocycles. The van der Waals surface area contributed by atoms with E-state index in [0.29, 0.717) is 18.8 Å². The topological polar surface area (TPSA) is 35.5 Å². The summed E-state index contributed by atoms with van der Waals surface area (Å²) in [6.07, 6.45) is 3.44. The molecule has 1 aliphatic rings. The highest BCUT2D eigenvalue weighted by Gasteiger charge is 2.31. The van der Waals surface area contributed by atoms with Crippen LogP contribution in [0.2, 0.25) is 0 Å². The summed E-state index contributed by atoms with van der Waals surface area (Å²) < 4.78 is 11.2. The number of hydrogen-bond donors (Lipinski definition) is 0. The third-order valence-electron chi connectivity index (χ3n) is 4.12. The largest absolute Gasteiger partial charge is 0.463 e. The van der Waals surface area contributed by atoms with E-state index in [0.717, 1.165) is 24.0 Å². The van der Waals surface area contributed by atoms with Crippen LogP contribution in [0.3, 0.4) is 0 Å². The summed E-state index contributed by atoms with van der Waals surface area (Å²) in [6.45, 7) is 2.79. The number of hydrogen-bond acceptors (Lipinski definition) is 3. The van der Waals surface area contributed by atoms with E-state index in [1.54, 1.807) is 0 Å². The molecule has 3 nitrogen and oxygen atoms in total. The Morgan fingerprint density at radius 3 is 2.58 bits per heavy atom. The number of esters is 1. The number of carbonyl (C=O) groups excluding carboxylic acids is 1. The van der Waals surface area contributed by atoms with Crippen LogP contribution < -0.4 is 0 Å². The van der Waals surface area contributed by atoms with Crippen molar-refractivity contribution in [3.8, 4) is 0 Å². The van der Waals surface area contributed by atoms with Gasteiger partial charge in [0.05, 0.1) is 12.2 Å². The van der Waals surface area contributed by atoms with Gasteiger partial charge in [0.2, 0.25) is 0 Å². The molecule has 2 aromatic rings. The summed E-state index contributed by atoms with van der Waals surface area (Å²) in [6, 6.07) is 18.3. The molecule has 1 aliphatic carbocycles. The fourth-order valence-corrected chi connectivity index (χ4v) is 2.97. The monoisotopic (exact) mass is 322 g/mol. The lowest BCUT2D eigenvalue weighted by atomic mass is 10.1. The van der Waals surface area contributed by atoms with Gasteiger partial charge in [0.15, 0.2) is 0 Å². The molecule has 0 heterocycles. The van der Waals surface area contributed by atoms with E-state index in [1.807, 2.05) is 55.5 Å². The van der Waals surface area contributed by atoms with E-state index < -0.39 is 0 Å². The zero-order valence-electron chi connectivity index (χ0n) is 13.9. The molecule has 0 aromatic heterocycles. The fourth-order valence-electron chi connectivity index (χ4n) is 2.97. The Balaban J connectivity index is 1.63. The van der Waals surface area contributed by atoms with Crippen LogP contribution in [0.25, 0.3) is 6.08 Å². The Morgan fingerprint density at radius 1 is 1.04 bits per heavy atom. The minimum absolute atomic E-state index is 0.290. The van der Waals surface area contributed by atoms with Gasteiger partial charge in [-0.05, 0) is 42.5 Å². The molecule has 0 spiro atoms. The molecule has 1 unspecified atom stereocenters. The van der Waals surface area contributed by atoms with Gasteiger partial charge < -0.3 is 9.47 Å². The molecular formula is C21H22O3. The van der Waals surface area contributed by atoms with Gasteiger partial charge in [-0.15, -0.1) is 0 Å². The Hall–Kier alpha value is -2.39. The van der Waals surface area contributed by atoms with Gasteiger partial charge in [-0.1, -0.05) is 54.6 Å². The van der Waals surface area contributed by atoms with Crippen LogP contribution in [0, 0.1) is 0 Å². The van der Waals surface area contributed by atoms with Crippen LogP contribution in [0.5, 0.6) is 0 Å². The predicted octanol–water partition coefficient (Wildman–Crippen LogP) is 4.34. The minimum Gasteiger partial charge on any atom is -0.463 e. The van der Waals surface area contributed by atoms with E-state index in [4.69, 9.17) is 9.47 Å². The summed E-state index contributed by atoms with van der Waals surface area (Å²) in [7, 11) is 0. The van der Waals surface area contributed by atoms with Gasteiger partial charge in [-0.3, -0.25) is 0 Å². The lowest BCUT2D eigenvalue weighted by Gasteiger charge is -2.17. The molecule has 124 valence electrons. The van der Waals surface area contributed by atoms with Crippen molar-refractivity contribution in [1.29, 1.82) is 0 Å². The molecule has 0 bridgehead atoms. The van der Waals surface area contributed by atoms with Crippen molar-refractivity contribution < 1.29 is 14.3 Å². The number of aryl methyl sites for hydroxylation is 1. The molecule has 3 rings (SSSR count). The van der Waals surface area contributed by atoms with E-state index in [2.05, 4.69) is 12.1 Å². The van der Waals surface area contributed by atoms with Gasteiger partial charge >= 0.3 is 5.97 Å². The second-order valence-corrected chi connectivity index (χ2v) is 5.79. The van der Waals surface area contributed by atoms with Crippen molar-refractivity contribution in [2.75, 3.05) is 13.2 Å². The predicted molar refractivity (Wildman–Crippen MR) is 94.5 cm³/mol. The Labute approximate surface area is 142 Å². The van der Waals surface area contributed by atoms with Gasteiger partial charge in [-0.25, -0.2) is 4.79 Å². The van der Waals surface area contributed by atoms with E-state index >= 15 is 0 Å². The molecule has 1 atom stereocenters. The van der Waals surface area contributed by atoms with Gasteiger partial charge in [0, 0.05) is 6.61 Å². The Kier molecular flexibility index (Phi) is 5.44. The van der Waals surface area contributed by atoms with Gasteiger partial charge in [0.25, 0.3) is 0 Å². The van der Waals surface area contributed by atoms with E-state index in [1.165, 1.54) is 5.56 Å². The third-order valence-corrected chi connectivity index (χ3v) is 4.12. The molecule has 0 radical (unpaired) electrons. The molecule has 2 aromatic carbocycles. The first kappa shape index (κ1) is 16.5. The molecule has 0 amide bonds. The third kappa shape index (κ3) is 3.74. The number of fused-ring (bicyclic) bond motifs is 1. The zero-order chi connectivity index (χ0) is 16.8.